The summed E-state index contributed by atoms with van der Waals surface area (Å²) in [5.41, 5.74) is 3.85. The quantitative estimate of drug-likeness (QED) is 0.910. The van der Waals surface area contributed by atoms with Crippen LogP contribution in [0, 0.1) is 19.8 Å². The number of amides is 1. The van der Waals surface area contributed by atoms with Crippen molar-refractivity contribution in [3.63, 3.8) is 0 Å². The van der Waals surface area contributed by atoms with Gasteiger partial charge in [-0.15, -0.1) is 0 Å². The predicted molar refractivity (Wildman–Crippen MR) is 100 cm³/mol. The van der Waals surface area contributed by atoms with Crippen molar-refractivity contribution >= 4 is 5.91 Å². The van der Waals surface area contributed by atoms with Crippen molar-refractivity contribution in [2.75, 3.05) is 26.7 Å². The molecule has 1 fully saturated rings. The molecule has 1 aliphatic rings. The van der Waals surface area contributed by atoms with Crippen LogP contribution >= 0.6 is 0 Å². The molecule has 1 N–H and O–H groups in total. The van der Waals surface area contributed by atoms with Gasteiger partial charge >= 0.3 is 0 Å². The number of hydrogen-bond donors (Lipinski definition) is 1. The average molecular weight is 340 g/mol. The van der Waals surface area contributed by atoms with Gasteiger partial charge < -0.3 is 10.2 Å². The van der Waals surface area contributed by atoms with E-state index in [1.54, 1.807) is 0 Å². The summed E-state index contributed by atoms with van der Waals surface area (Å²) < 4.78 is 1.91. The molecule has 0 aliphatic carbocycles. The van der Waals surface area contributed by atoms with E-state index < -0.39 is 0 Å². The Balaban J connectivity index is 1.63. The van der Waals surface area contributed by atoms with Gasteiger partial charge in [0.25, 0.3) is 5.91 Å². The minimum absolute atomic E-state index is 0.145. The fourth-order valence-corrected chi connectivity index (χ4v) is 3.59. The number of carbonyl (C=O) groups excluding carboxylic acids is 1. The van der Waals surface area contributed by atoms with Crippen LogP contribution in [0.3, 0.4) is 0 Å². The molecule has 5 nitrogen and oxygen atoms in total. The monoisotopic (exact) mass is 340 g/mol. The molecule has 2 aromatic rings. The molecular weight excluding hydrogens is 312 g/mol. The van der Waals surface area contributed by atoms with Gasteiger partial charge in [-0.05, 0) is 83.0 Å². The fourth-order valence-electron chi connectivity index (χ4n) is 3.59. The highest BCUT2D eigenvalue weighted by Gasteiger charge is 2.23. The lowest BCUT2D eigenvalue weighted by Crippen LogP contribution is -2.38. The number of benzene rings is 1. The fraction of sp³-hybridized carbons (Fsp3) is 0.500. The molecule has 5 heteroatoms. The first-order chi connectivity index (χ1) is 12.1. The average Bonchev–Trinajstić information content (AvgIpc) is 2.98. The van der Waals surface area contributed by atoms with E-state index in [1.807, 2.05) is 54.7 Å². The molecule has 1 aliphatic heterocycles. The summed E-state index contributed by atoms with van der Waals surface area (Å²) in [5.74, 6) is 0.886. The van der Waals surface area contributed by atoms with Gasteiger partial charge in [0.05, 0.1) is 11.4 Å². The summed E-state index contributed by atoms with van der Waals surface area (Å²) in [4.78, 5) is 14.7. The van der Waals surface area contributed by atoms with E-state index in [0.717, 1.165) is 61.0 Å². The molecule has 1 aromatic carbocycles. The number of nitrogens with zero attached hydrogens (tertiary/aromatic N) is 3. The number of piperidine rings is 1. The van der Waals surface area contributed by atoms with Crippen molar-refractivity contribution in [2.45, 2.75) is 33.1 Å². The minimum atomic E-state index is 0.145. The van der Waals surface area contributed by atoms with Crippen LogP contribution in [0.1, 0.15) is 41.0 Å². The van der Waals surface area contributed by atoms with Gasteiger partial charge in [-0.3, -0.25) is 4.79 Å². The van der Waals surface area contributed by atoms with Crippen LogP contribution in [0.2, 0.25) is 0 Å². The van der Waals surface area contributed by atoms with E-state index >= 15 is 0 Å². The second-order valence-corrected chi connectivity index (χ2v) is 7.01. The Morgan fingerprint density at radius 1 is 1.20 bits per heavy atom. The van der Waals surface area contributed by atoms with Crippen molar-refractivity contribution in [1.82, 2.24) is 20.0 Å². The number of aryl methyl sites for hydroxylation is 2. The summed E-state index contributed by atoms with van der Waals surface area (Å²) in [6.45, 7) is 6.82. The zero-order chi connectivity index (χ0) is 17.8. The number of likely N-dealkylation sites (tertiary alicyclic amines) is 1. The summed E-state index contributed by atoms with van der Waals surface area (Å²) >= 11 is 0. The van der Waals surface area contributed by atoms with Gasteiger partial charge in [-0.2, -0.15) is 5.10 Å². The molecule has 0 radical (unpaired) electrons. The van der Waals surface area contributed by atoms with E-state index in [0.29, 0.717) is 0 Å². The van der Waals surface area contributed by atoms with Gasteiger partial charge in [0.15, 0.2) is 0 Å². The van der Waals surface area contributed by atoms with Crippen molar-refractivity contribution in [3.8, 4) is 5.69 Å². The van der Waals surface area contributed by atoms with Gasteiger partial charge in [0.1, 0.15) is 0 Å². The van der Waals surface area contributed by atoms with Gasteiger partial charge in [0, 0.05) is 24.3 Å². The smallest absolute Gasteiger partial charge is 0.253 e. The summed E-state index contributed by atoms with van der Waals surface area (Å²) in [7, 11) is 1.99. The Bertz CT molecular complexity index is 712. The third-order valence-corrected chi connectivity index (χ3v) is 5.07. The molecule has 2 heterocycles. The molecule has 0 spiro atoms. The minimum Gasteiger partial charge on any atom is -0.339 e. The van der Waals surface area contributed by atoms with E-state index in [1.165, 1.54) is 6.42 Å². The normalized spacial score (nSPS) is 15.6. The van der Waals surface area contributed by atoms with E-state index in [-0.39, 0.29) is 5.91 Å². The van der Waals surface area contributed by atoms with Crippen LogP contribution < -0.4 is 5.32 Å². The summed E-state index contributed by atoms with van der Waals surface area (Å²) in [5, 5.41) is 7.71. The van der Waals surface area contributed by atoms with Gasteiger partial charge in [-0.25, -0.2) is 4.68 Å². The standard InChI is InChI=1S/C20H28N4O/c1-15-14-16(2)24(22-15)19-6-4-18(5-7-19)20(25)23-12-9-17(10-13-23)8-11-21-3/h4-7,14,17,21H,8-13H2,1-3H3. The van der Waals surface area contributed by atoms with Crippen molar-refractivity contribution < 1.29 is 4.79 Å². The Morgan fingerprint density at radius 3 is 2.44 bits per heavy atom. The molecule has 3 rings (SSSR count). The van der Waals surface area contributed by atoms with Gasteiger partial charge in [0.2, 0.25) is 0 Å². The third-order valence-electron chi connectivity index (χ3n) is 5.07. The zero-order valence-electron chi connectivity index (χ0n) is 15.5. The van der Waals surface area contributed by atoms with E-state index in [2.05, 4.69) is 16.5 Å². The van der Waals surface area contributed by atoms with Crippen LogP contribution in [0.15, 0.2) is 30.3 Å². The van der Waals surface area contributed by atoms with Crippen LogP contribution in [0.5, 0.6) is 0 Å². The molecule has 134 valence electrons. The Kier molecular flexibility index (Phi) is 5.53. The molecule has 1 aromatic heterocycles. The van der Waals surface area contributed by atoms with Crippen LogP contribution in [0.25, 0.3) is 5.69 Å². The highest BCUT2D eigenvalue weighted by atomic mass is 16.2. The zero-order valence-corrected chi connectivity index (χ0v) is 15.5. The third kappa shape index (κ3) is 4.10. The maximum Gasteiger partial charge on any atom is 0.253 e. The highest BCUT2D eigenvalue weighted by molar-refractivity contribution is 5.94. The Morgan fingerprint density at radius 2 is 1.88 bits per heavy atom. The number of carbonyl (C=O) groups is 1. The molecule has 0 atom stereocenters. The van der Waals surface area contributed by atoms with E-state index in [4.69, 9.17) is 0 Å². The molecule has 25 heavy (non-hydrogen) atoms. The molecule has 1 amide bonds. The number of aromatic nitrogens is 2. The maximum absolute atomic E-state index is 12.7. The lowest BCUT2D eigenvalue weighted by molar-refractivity contribution is 0.0687. The molecule has 0 saturated carbocycles. The lowest BCUT2D eigenvalue weighted by Gasteiger charge is -2.32. The predicted octanol–water partition coefficient (Wildman–Crippen LogP) is 2.95. The number of rotatable bonds is 5. The topological polar surface area (TPSA) is 50.2 Å². The van der Waals surface area contributed by atoms with Crippen LogP contribution in [0.4, 0.5) is 0 Å². The molecule has 0 unspecified atom stereocenters. The number of nitrogens with one attached hydrogen (secondary N) is 1. The maximum atomic E-state index is 12.7. The highest BCUT2D eigenvalue weighted by Crippen LogP contribution is 2.22. The molecular formula is C20H28N4O. The van der Waals surface area contributed by atoms with Gasteiger partial charge in [-0.1, -0.05) is 0 Å². The first-order valence-corrected chi connectivity index (χ1v) is 9.16. The summed E-state index contributed by atoms with van der Waals surface area (Å²) in [6, 6.07) is 9.85. The Hall–Kier alpha value is -2.14. The van der Waals surface area contributed by atoms with E-state index in [9.17, 15) is 4.79 Å². The molecule has 1 saturated heterocycles. The van der Waals surface area contributed by atoms with Crippen molar-refractivity contribution in [3.05, 3.63) is 47.3 Å². The number of hydrogen-bond acceptors (Lipinski definition) is 3. The largest absolute Gasteiger partial charge is 0.339 e. The molecule has 0 bridgehead atoms. The summed E-state index contributed by atoms with van der Waals surface area (Å²) in [6.07, 6.45) is 3.42. The van der Waals surface area contributed by atoms with Crippen LogP contribution in [-0.4, -0.2) is 47.3 Å². The Labute approximate surface area is 150 Å². The van der Waals surface area contributed by atoms with Crippen LogP contribution in [-0.2, 0) is 0 Å². The first-order valence-electron chi connectivity index (χ1n) is 9.16. The second kappa shape index (κ2) is 7.83. The van der Waals surface area contributed by atoms with Crippen molar-refractivity contribution in [2.24, 2.45) is 5.92 Å². The second-order valence-electron chi connectivity index (χ2n) is 7.01. The SMILES string of the molecule is CNCCC1CCN(C(=O)c2ccc(-n3nc(C)cc3C)cc2)CC1. The van der Waals surface area contributed by atoms with Crippen molar-refractivity contribution in [1.29, 1.82) is 0 Å². The lowest BCUT2D eigenvalue weighted by atomic mass is 9.93. The first kappa shape index (κ1) is 17.7.